The molecule has 0 aliphatic heterocycles. The molecular formula is C23H27N7O3S. The quantitative estimate of drug-likeness (QED) is 0.322. The molecule has 0 saturated heterocycles. The van der Waals surface area contributed by atoms with E-state index >= 15 is 0 Å². The summed E-state index contributed by atoms with van der Waals surface area (Å²) in [5.41, 5.74) is 3.00. The lowest BCUT2D eigenvalue weighted by Crippen LogP contribution is -2.35. The fourth-order valence-corrected chi connectivity index (χ4v) is 5.49. The Balaban J connectivity index is 1.55. The second kappa shape index (κ2) is 9.38. The van der Waals surface area contributed by atoms with Gasteiger partial charge in [0.2, 0.25) is 5.95 Å². The lowest BCUT2D eigenvalue weighted by atomic mass is 10.1. The van der Waals surface area contributed by atoms with Crippen molar-refractivity contribution in [1.82, 2.24) is 19.9 Å². The van der Waals surface area contributed by atoms with Crippen molar-refractivity contribution in [2.45, 2.75) is 63.3 Å². The average Bonchev–Trinajstić information content (AvgIpc) is 3.46. The Morgan fingerprint density at radius 1 is 1.18 bits per heavy atom. The molecule has 0 spiro atoms. The number of thiazole rings is 1. The Bertz CT molecular complexity index is 1240. The monoisotopic (exact) mass is 481 g/mol. The average molecular weight is 482 g/mol. The van der Waals surface area contributed by atoms with Crippen LogP contribution in [0.25, 0.3) is 20.8 Å². The van der Waals surface area contributed by atoms with Crippen molar-refractivity contribution in [2.24, 2.45) is 5.92 Å². The molecule has 2 aliphatic carbocycles. The summed E-state index contributed by atoms with van der Waals surface area (Å²) in [5.74, 6) is 0.630. The summed E-state index contributed by atoms with van der Waals surface area (Å²) in [6.07, 6.45) is 3.15. The number of anilines is 2. The van der Waals surface area contributed by atoms with Crippen LogP contribution < -0.4 is 10.6 Å². The standard InChI is InChI=1S/C23H27N7O3S/c1-11-17(22-29-18-14(3-2-7-24)25-8-6-16(18)34-22)21(30-23(26-11)27-13-4-5-13)28-15-9-12(10-31)19(32)20(15)33/h6,8,12-13,15,19-20,31-33H,2-5,9-10H2,1H3,(H2,26,27,28,30)/t12-,15-,19-,20+/m1/s1. The first-order valence-corrected chi connectivity index (χ1v) is 12.3. The predicted molar refractivity (Wildman–Crippen MR) is 128 cm³/mol. The molecule has 0 radical (unpaired) electrons. The van der Waals surface area contributed by atoms with E-state index in [0.717, 1.165) is 40.0 Å². The number of aliphatic hydroxyl groups excluding tert-OH is 3. The SMILES string of the molecule is Cc1nc(NC2CC2)nc(N[C@@H]2C[C@H](CO)[C@@H](O)[C@H]2O)c1-c1nc2c(CCC#N)nccc2s1. The van der Waals surface area contributed by atoms with E-state index in [1.54, 1.807) is 6.20 Å². The smallest absolute Gasteiger partial charge is 0.225 e. The molecule has 2 saturated carbocycles. The highest BCUT2D eigenvalue weighted by atomic mass is 32.1. The number of hydrogen-bond donors (Lipinski definition) is 5. The van der Waals surface area contributed by atoms with Crippen LogP contribution >= 0.6 is 11.3 Å². The molecule has 178 valence electrons. The molecule has 10 nitrogen and oxygen atoms in total. The maximum absolute atomic E-state index is 10.6. The maximum atomic E-state index is 10.6. The largest absolute Gasteiger partial charge is 0.396 e. The number of aryl methyl sites for hydroxylation is 2. The van der Waals surface area contributed by atoms with E-state index in [1.165, 1.54) is 11.3 Å². The van der Waals surface area contributed by atoms with Crippen LogP contribution in [0.2, 0.25) is 0 Å². The Hall–Kier alpha value is -2.91. The van der Waals surface area contributed by atoms with Crippen molar-refractivity contribution < 1.29 is 15.3 Å². The molecule has 34 heavy (non-hydrogen) atoms. The molecule has 4 atom stereocenters. The molecule has 2 fully saturated rings. The fourth-order valence-electron chi connectivity index (χ4n) is 4.40. The minimum Gasteiger partial charge on any atom is -0.396 e. The summed E-state index contributed by atoms with van der Waals surface area (Å²) in [4.78, 5) is 18.7. The zero-order valence-corrected chi connectivity index (χ0v) is 19.6. The third-order valence-electron chi connectivity index (χ3n) is 6.43. The topological polar surface area (TPSA) is 160 Å². The number of rotatable bonds is 8. The highest BCUT2D eigenvalue weighted by Gasteiger charge is 2.41. The van der Waals surface area contributed by atoms with Crippen LogP contribution in [0.3, 0.4) is 0 Å². The number of aliphatic hydroxyl groups is 3. The van der Waals surface area contributed by atoms with Crippen molar-refractivity contribution in [2.75, 3.05) is 17.2 Å². The van der Waals surface area contributed by atoms with E-state index in [4.69, 9.17) is 15.2 Å². The number of nitrogens with zero attached hydrogens (tertiary/aromatic N) is 5. The number of hydrogen-bond acceptors (Lipinski definition) is 11. The predicted octanol–water partition coefficient (Wildman–Crippen LogP) is 2.00. The van der Waals surface area contributed by atoms with Crippen molar-refractivity contribution in [3.05, 3.63) is 23.7 Å². The molecule has 0 amide bonds. The van der Waals surface area contributed by atoms with Gasteiger partial charge in [-0.2, -0.15) is 10.2 Å². The Morgan fingerprint density at radius 2 is 2.00 bits per heavy atom. The van der Waals surface area contributed by atoms with Gasteiger partial charge in [0.15, 0.2) is 0 Å². The molecule has 5 rings (SSSR count). The number of aromatic nitrogens is 4. The Morgan fingerprint density at radius 3 is 2.71 bits per heavy atom. The molecule has 2 aliphatic rings. The summed E-state index contributed by atoms with van der Waals surface area (Å²) in [6.45, 7) is 1.70. The Labute approximate surface area is 200 Å². The zero-order chi connectivity index (χ0) is 23.8. The van der Waals surface area contributed by atoms with Gasteiger partial charge in [-0.25, -0.2) is 9.97 Å². The van der Waals surface area contributed by atoms with E-state index in [0.29, 0.717) is 42.1 Å². The van der Waals surface area contributed by atoms with Crippen LogP contribution in [0.5, 0.6) is 0 Å². The third kappa shape index (κ3) is 4.42. The maximum Gasteiger partial charge on any atom is 0.225 e. The second-order valence-corrected chi connectivity index (χ2v) is 10.00. The van der Waals surface area contributed by atoms with E-state index in [2.05, 4.69) is 26.7 Å². The lowest BCUT2D eigenvalue weighted by molar-refractivity contribution is 0.00446. The zero-order valence-electron chi connectivity index (χ0n) is 18.8. The summed E-state index contributed by atoms with van der Waals surface area (Å²) in [7, 11) is 0. The summed E-state index contributed by atoms with van der Waals surface area (Å²) in [6, 6.07) is 3.95. The molecular weight excluding hydrogens is 454 g/mol. The van der Waals surface area contributed by atoms with Gasteiger partial charge in [0.1, 0.15) is 22.4 Å². The first-order chi connectivity index (χ1) is 16.5. The van der Waals surface area contributed by atoms with Gasteiger partial charge in [0, 0.05) is 37.6 Å². The fraction of sp³-hybridized carbons (Fsp3) is 0.522. The van der Waals surface area contributed by atoms with Gasteiger partial charge >= 0.3 is 0 Å². The van der Waals surface area contributed by atoms with Crippen LogP contribution in [0, 0.1) is 24.2 Å². The van der Waals surface area contributed by atoms with Crippen LogP contribution in [-0.4, -0.2) is 66.2 Å². The summed E-state index contributed by atoms with van der Waals surface area (Å²) < 4.78 is 0.958. The lowest BCUT2D eigenvalue weighted by Gasteiger charge is -2.21. The van der Waals surface area contributed by atoms with Gasteiger partial charge in [-0.3, -0.25) is 4.98 Å². The van der Waals surface area contributed by atoms with E-state index in [1.807, 2.05) is 13.0 Å². The van der Waals surface area contributed by atoms with Crippen molar-refractivity contribution in [3.63, 3.8) is 0 Å². The van der Waals surface area contributed by atoms with E-state index < -0.39 is 24.2 Å². The normalized spacial score (nSPS) is 24.3. The molecule has 3 aromatic heterocycles. The molecule has 0 aromatic carbocycles. The van der Waals surface area contributed by atoms with Crippen LogP contribution in [0.1, 0.15) is 37.1 Å². The van der Waals surface area contributed by atoms with Crippen molar-refractivity contribution >= 4 is 33.3 Å². The first kappa shape index (κ1) is 22.9. The number of nitriles is 1. The minimum atomic E-state index is -1.03. The second-order valence-electron chi connectivity index (χ2n) is 8.97. The molecule has 0 bridgehead atoms. The molecule has 3 heterocycles. The first-order valence-electron chi connectivity index (χ1n) is 11.5. The highest BCUT2D eigenvalue weighted by Crippen LogP contribution is 2.39. The highest BCUT2D eigenvalue weighted by molar-refractivity contribution is 7.21. The van der Waals surface area contributed by atoms with Gasteiger partial charge in [-0.15, -0.1) is 11.3 Å². The van der Waals surface area contributed by atoms with Gasteiger partial charge < -0.3 is 26.0 Å². The number of nitrogens with one attached hydrogen (secondary N) is 2. The van der Waals surface area contributed by atoms with Crippen LogP contribution in [-0.2, 0) is 6.42 Å². The van der Waals surface area contributed by atoms with Gasteiger partial charge in [0.25, 0.3) is 0 Å². The molecule has 0 unspecified atom stereocenters. The van der Waals surface area contributed by atoms with Gasteiger partial charge in [-0.1, -0.05) is 0 Å². The Kier molecular flexibility index (Phi) is 6.31. The minimum absolute atomic E-state index is 0.198. The number of pyridine rings is 1. The summed E-state index contributed by atoms with van der Waals surface area (Å²) in [5, 5.41) is 46.8. The number of fused-ring (bicyclic) bond motifs is 1. The van der Waals surface area contributed by atoms with E-state index in [9.17, 15) is 15.3 Å². The van der Waals surface area contributed by atoms with E-state index in [-0.39, 0.29) is 6.61 Å². The summed E-state index contributed by atoms with van der Waals surface area (Å²) >= 11 is 1.50. The molecule has 3 aromatic rings. The molecule has 5 N–H and O–H groups in total. The van der Waals surface area contributed by atoms with Gasteiger partial charge in [-0.05, 0) is 32.3 Å². The van der Waals surface area contributed by atoms with Crippen LogP contribution in [0.15, 0.2) is 12.3 Å². The van der Waals surface area contributed by atoms with Gasteiger partial charge in [0.05, 0.1) is 39.9 Å². The third-order valence-corrected chi connectivity index (χ3v) is 7.47. The van der Waals surface area contributed by atoms with Crippen molar-refractivity contribution in [3.8, 4) is 16.6 Å². The van der Waals surface area contributed by atoms with Crippen molar-refractivity contribution in [1.29, 1.82) is 5.26 Å². The van der Waals surface area contributed by atoms with Crippen LogP contribution in [0.4, 0.5) is 11.8 Å². The molecule has 11 heteroatoms.